The molecule has 1 aromatic rings. The number of halogens is 1. The summed E-state index contributed by atoms with van der Waals surface area (Å²) in [6.45, 7) is 11.6. The van der Waals surface area contributed by atoms with E-state index in [9.17, 15) is 9.50 Å². The maximum atomic E-state index is 14.1. The molecule has 0 saturated heterocycles. The zero-order chi connectivity index (χ0) is 13.6. The van der Waals surface area contributed by atoms with Gasteiger partial charge in [-0.1, -0.05) is 41.5 Å². The Morgan fingerprint density at radius 2 is 1.53 bits per heavy atom. The van der Waals surface area contributed by atoms with Crippen LogP contribution in [0.5, 0.6) is 5.75 Å². The second-order valence-corrected chi connectivity index (χ2v) is 6.96. The van der Waals surface area contributed by atoms with E-state index in [0.29, 0.717) is 5.56 Å². The highest BCUT2D eigenvalue weighted by atomic mass is 32.1. The molecule has 96 valence electrons. The lowest BCUT2D eigenvalue weighted by atomic mass is 9.79. The summed E-state index contributed by atoms with van der Waals surface area (Å²) in [5.74, 6) is -0.369. The summed E-state index contributed by atoms with van der Waals surface area (Å²) < 4.78 is 14.1. The van der Waals surface area contributed by atoms with Crippen LogP contribution in [0.1, 0.15) is 52.7 Å². The van der Waals surface area contributed by atoms with Crippen molar-refractivity contribution in [1.82, 2.24) is 0 Å². The fraction of sp³-hybridized carbons (Fsp3) is 0.571. The molecule has 1 rings (SSSR count). The fourth-order valence-corrected chi connectivity index (χ4v) is 2.13. The first-order valence-corrected chi connectivity index (χ1v) is 6.16. The highest BCUT2D eigenvalue weighted by Gasteiger charge is 2.30. The molecule has 0 aliphatic carbocycles. The van der Waals surface area contributed by atoms with Crippen LogP contribution in [0.4, 0.5) is 4.39 Å². The van der Waals surface area contributed by atoms with Crippen LogP contribution in [0.3, 0.4) is 0 Å². The molecule has 3 heteroatoms. The second kappa shape index (κ2) is 4.20. The third-order valence-corrected chi connectivity index (χ3v) is 3.10. The molecule has 1 aromatic carbocycles. The average Bonchev–Trinajstić information content (AvgIpc) is 2.07. The number of hydrogen-bond donors (Lipinski definition) is 2. The molecule has 0 aliphatic rings. The molecule has 1 nitrogen and oxygen atoms in total. The zero-order valence-corrected chi connectivity index (χ0v) is 12.2. The number of rotatable bonds is 0. The SMILES string of the molecule is CC(C)(C)c1cc(S)c(F)c(C(C)(C)C)c1O. The Labute approximate surface area is 108 Å². The third-order valence-electron chi connectivity index (χ3n) is 2.78. The number of thiol groups is 1. The summed E-state index contributed by atoms with van der Waals surface area (Å²) in [5, 5.41) is 10.3. The quantitative estimate of drug-likeness (QED) is 0.659. The molecule has 1 N–H and O–H groups in total. The Bertz CT molecular complexity index is 439. The van der Waals surface area contributed by atoms with Gasteiger partial charge in [0.05, 0.1) is 0 Å². The van der Waals surface area contributed by atoms with Gasteiger partial charge in [0.1, 0.15) is 11.6 Å². The van der Waals surface area contributed by atoms with Crippen molar-refractivity contribution in [3.8, 4) is 5.75 Å². The van der Waals surface area contributed by atoms with Gasteiger partial charge >= 0.3 is 0 Å². The molecule has 0 amide bonds. The van der Waals surface area contributed by atoms with Crippen LogP contribution in [-0.4, -0.2) is 5.11 Å². The van der Waals surface area contributed by atoms with E-state index in [4.69, 9.17) is 0 Å². The Morgan fingerprint density at radius 1 is 1.06 bits per heavy atom. The van der Waals surface area contributed by atoms with Gasteiger partial charge in [-0.25, -0.2) is 4.39 Å². The summed E-state index contributed by atoms with van der Waals surface area (Å²) in [7, 11) is 0. The van der Waals surface area contributed by atoms with Crippen molar-refractivity contribution in [1.29, 1.82) is 0 Å². The van der Waals surface area contributed by atoms with E-state index in [1.807, 2.05) is 41.5 Å². The van der Waals surface area contributed by atoms with Crippen molar-refractivity contribution in [3.63, 3.8) is 0 Å². The molecular formula is C14H21FOS. The summed E-state index contributed by atoms with van der Waals surface area (Å²) in [4.78, 5) is 0.289. The van der Waals surface area contributed by atoms with Gasteiger partial charge in [-0.05, 0) is 16.9 Å². The van der Waals surface area contributed by atoms with Crippen LogP contribution in [0.25, 0.3) is 0 Å². The van der Waals surface area contributed by atoms with Crippen LogP contribution in [0.15, 0.2) is 11.0 Å². The van der Waals surface area contributed by atoms with Crippen LogP contribution in [0, 0.1) is 5.82 Å². The molecule has 0 aliphatic heterocycles. The van der Waals surface area contributed by atoms with Crippen LogP contribution in [0.2, 0.25) is 0 Å². The van der Waals surface area contributed by atoms with Gasteiger partial charge < -0.3 is 5.11 Å². The molecule has 0 heterocycles. The first-order chi connectivity index (χ1) is 7.46. The minimum atomic E-state index is -0.451. The van der Waals surface area contributed by atoms with E-state index < -0.39 is 11.2 Å². The Balaban J connectivity index is 3.67. The topological polar surface area (TPSA) is 20.2 Å². The molecule has 0 spiro atoms. The van der Waals surface area contributed by atoms with Crippen molar-refractivity contribution in [2.75, 3.05) is 0 Å². The highest BCUT2D eigenvalue weighted by Crippen LogP contribution is 2.42. The van der Waals surface area contributed by atoms with E-state index in [2.05, 4.69) is 12.6 Å². The van der Waals surface area contributed by atoms with E-state index >= 15 is 0 Å². The lowest BCUT2D eigenvalue weighted by Crippen LogP contribution is -2.19. The number of benzene rings is 1. The Kier molecular flexibility index (Phi) is 3.55. The molecule has 0 saturated carbocycles. The van der Waals surface area contributed by atoms with E-state index in [1.54, 1.807) is 6.07 Å². The summed E-state index contributed by atoms with van der Waals surface area (Å²) in [6.07, 6.45) is 0. The smallest absolute Gasteiger partial charge is 0.143 e. The maximum Gasteiger partial charge on any atom is 0.143 e. The third kappa shape index (κ3) is 2.76. The number of phenolic OH excluding ortho intramolecular Hbond substituents is 1. The van der Waals surface area contributed by atoms with Gasteiger partial charge in [-0.3, -0.25) is 0 Å². The summed E-state index contributed by atoms with van der Waals surface area (Å²) >= 11 is 4.16. The van der Waals surface area contributed by atoms with Crippen LogP contribution in [-0.2, 0) is 10.8 Å². The van der Waals surface area contributed by atoms with Crippen molar-refractivity contribution >= 4 is 12.6 Å². The van der Waals surface area contributed by atoms with Crippen LogP contribution < -0.4 is 0 Å². The average molecular weight is 256 g/mol. The van der Waals surface area contributed by atoms with Crippen molar-refractivity contribution < 1.29 is 9.50 Å². The summed E-state index contributed by atoms with van der Waals surface area (Å²) in [5.41, 5.74) is 0.381. The monoisotopic (exact) mass is 256 g/mol. The number of phenols is 1. The lowest BCUT2D eigenvalue weighted by molar-refractivity contribution is 0.404. The minimum Gasteiger partial charge on any atom is -0.507 e. The largest absolute Gasteiger partial charge is 0.507 e. The number of aromatic hydroxyl groups is 1. The first kappa shape index (κ1) is 14.4. The molecular weight excluding hydrogens is 235 g/mol. The molecule has 17 heavy (non-hydrogen) atoms. The van der Waals surface area contributed by atoms with Gasteiger partial charge in [0.25, 0.3) is 0 Å². The predicted octanol–water partition coefficient (Wildman–Crippen LogP) is 4.42. The van der Waals surface area contributed by atoms with Crippen molar-refractivity contribution in [3.05, 3.63) is 23.0 Å². The normalized spacial score (nSPS) is 12.9. The first-order valence-electron chi connectivity index (χ1n) is 5.71. The van der Waals surface area contributed by atoms with Crippen molar-refractivity contribution in [2.24, 2.45) is 0 Å². The van der Waals surface area contributed by atoms with Gasteiger partial charge in [-0.15, -0.1) is 12.6 Å². The Hall–Kier alpha value is -0.700. The van der Waals surface area contributed by atoms with E-state index in [0.717, 1.165) is 5.56 Å². The minimum absolute atomic E-state index is 0.0558. The standard InChI is InChI=1S/C14H21FOS/c1-13(2,3)8-7-9(17)11(15)10(12(8)16)14(4,5)6/h7,16-17H,1-6H3. The van der Waals surface area contributed by atoms with Crippen molar-refractivity contribution in [2.45, 2.75) is 57.3 Å². The molecule has 0 unspecified atom stereocenters. The van der Waals surface area contributed by atoms with E-state index in [1.165, 1.54) is 0 Å². The van der Waals surface area contributed by atoms with Gasteiger partial charge in [-0.2, -0.15) is 0 Å². The molecule has 0 bridgehead atoms. The highest BCUT2D eigenvalue weighted by molar-refractivity contribution is 7.80. The molecule has 0 fully saturated rings. The molecule has 0 aromatic heterocycles. The second-order valence-electron chi connectivity index (χ2n) is 6.48. The fourth-order valence-electron chi connectivity index (χ4n) is 1.89. The lowest BCUT2D eigenvalue weighted by Gasteiger charge is -2.28. The van der Waals surface area contributed by atoms with E-state index in [-0.39, 0.29) is 16.1 Å². The van der Waals surface area contributed by atoms with Gasteiger partial charge in [0.15, 0.2) is 0 Å². The molecule has 0 radical (unpaired) electrons. The Morgan fingerprint density at radius 3 is 1.88 bits per heavy atom. The summed E-state index contributed by atoms with van der Waals surface area (Å²) in [6, 6.07) is 1.61. The maximum absolute atomic E-state index is 14.1. The van der Waals surface area contributed by atoms with Gasteiger partial charge in [0.2, 0.25) is 0 Å². The van der Waals surface area contributed by atoms with Crippen LogP contribution >= 0.6 is 12.6 Å². The number of hydrogen-bond acceptors (Lipinski definition) is 2. The van der Waals surface area contributed by atoms with Gasteiger partial charge in [0, 0.05) is 16.0 Å². The molecule has 0 atom stereocenters. The zero-order valence-electron chi connectivity index (χ0n) is 11.3. The predicted molar refractivity (Wildman–Crippen MR) is 72.7 cm³/mol.